The van der Waals surface area contributed by atoms with Gasteiger partial charge in [0.15, 0.2) is 0 Å². The van der Waals surface area contributed by atoms with Crippen molar-refractivity contribution < 1.29 is 13.2 Å². The molecule has 0 saturated carbocycles. The van der Waals surface area contributed by atoms with Gasteiger partial charge in [0.05, 0.1) is 16.1 Å². The summed E-state index contributed by atoms with van der Waals surface area (Å²) in [5, 5.41) is 0. The van der Waals surface area contributed by atoms with Crippen LogP contribution in [0.2, 0.25) is 0 Å². The van der Waals surface area contributed by atoms with Gasteiger partial charge in [0.2, 0.25) is 0 Å². The minimum Gasteiger partial charge on any atom is -0.305 e. The molecule has 30 heavy (non-hydrogen) atoms. The molecule has 6 heteroatoms. The van der Waals surface area contributed by atoms with E-state index in [-0.39, 0.29) is 22.5 Å². The zero-order chi connectivity index (χ0) is 21.5. The van der Waals surface area contributed by atoms with Crippen LogP contribution in [0.4, 0.5) is 11.4 Å². The van der Waals surface area contributed by atoms with Crippen molar-refractivity contribution in [1.29, 1.82) is 0 Å². The van der Waals surface area contributed by atoms with Gasteiger partial charge in [-0.1, -0.05) is 42.5 Å². The number of hydrogen-bond acceptors (Lipinski definition) is 3. The van der Waals surface area contributed by atoms with Crippen LogP contribution in [0.3, 0.4) is 0 Å². The lowest BCUT2D eigenvalue weighted by Gasteiger charge is -2.24. The maximum Gasteiger partial charge on any atom is 0.262 e. The molecule has 3 aromatic carbocycles. The quantitative estimate of drug-likeness (QED) is 0.666. The zero-order valence-corrected chi connectivity index (χ0v) is 18.0. The first-order valence-corrected chi connectivity index (χ1v) is 11.4. The highest BCUT2D eigenvalue weighted by molar-refractivity contribution is 7.92. The maximum absolute atomic E-state index is 13.5. The highest BCUT2D eigenvalue weighted by Crippen LogP contribution is 2.34. The molecule has 0 bridgehead atoms. The van der Waals surface area contributed by atoms with Crippen LogP contribution in [-0.2, 0) is 16.4 Å². The van der Waals surface area contributed by atoms with E-state index in [1.807, 2.05) is 44.2 Å². The number of nitrogens with one attached hydrogen (secondary N) is 1. The average molecular weight is 421 g/mol. The van der Waals surface area contributed by atoms with E-state index in [2.05, 4.69) is 4.72 Å². The number of carbonyl (C=O) groups excluding carboxylic acids is 1. The first-order valence-electron chi connectivity index (χ1n) is 9.88. The Morgan fingerprint density at radius 1 is 1.00 bits per heavy atom. The second kappa shape index (κ2) is 7.61. The van der Waals surface area contributed by atoms with Crippen LogP contribution in [0.25, 0.3) is 0 Å². The molecule has 5 nitrogen and oxygen atoms in total. The number of rotatable bonds is 4. The number of anilines is 2. The van der Waals surface area contributed by atoms with Crippen LogP contribution < -0.4 is 9.62 Å². The third kappa shape index (κ3) is 3.59. The predicted molar refractivity (Wildman–Crippen MR) is 120 cm³/mol. The van der Waals surface area contributed by atoms with Gasteiger partial charge in [0.25, 0.3) is 15.9 Å². The highest BCUT2D eigenvalue weighted by Gasteiger charge is 2.32. The molecule has 0 saturated heterocycles. The Morgan fingerprint density at radius 2 is 1.70 bits per heavy atom. The molecule has 0 aliphatic carbocycles. The Hall–Kier alpha value is -3.12. The van der Waals surface area contributed by atoms with Crippen molar-refractivity contribution in [2.45, 2.75) is 38.1 Å². The summed E-state index contributed by atoms with van der Waals surface area (Å²) in [5.41, 5.74) is 4.11. The number of amides is 1. The number of benzene rings is 3. The molecule has 1 amide bonds. The van der Waals surface area contributed by atoms with Gasteiger partial charge in [0.1, 0.15) is 0 Å². The number of para-hydroxylation sites is 2. The first kappa shape index (κ1) is 20.2. The predicted octanol–water partition coefficient (Wildman–Crippen LogP) is 4.70. The fraction of sp³-hybridized carbons (Fsp3) is 0.208. The second-order valence-corrected chi connectivity index (χ2v) is 9.43. The van der Waals surface area contributed by atoms with Crippen LogP contribution in [0.15, 0.2) is 71.6 Å². The number of sulfonamides is 1. The Morgan fingerprint density at radius 3 is 2.50 bits per heavy atom. The molecule has 154 valence electrons. The van der Waals surface area contributed by atoms with Crippen molar-refractivity contribution in [2.24, 2.45) is 0 Å². The normalized spacial score (nSPS) is 15.7. The van der Waals surface area contributed by atoms with Crippen LogP contribution >= 0.6 is 0 Å². The smallest absolute Gasteiger partial charge is 0.262 e. The molecule has 0 unspecified atom stereocenters. The van der Waals surface area contributed by atoms with E-state index in [4.69, 9.17) is 0 Å². The Kier molecular flexibility index (Phi) is 5.12. The SMILES string of the molecule is Cc1ccc(C)c(S(=O)(=O)Nc2ccccc2C(=O)N2c3ccccc3C[C@H]2C)c1. The number of aryl methyl sites for hydroxylation is 2. The van der Waals surface area contributed by atoms with Crippen molar-refractivity contribution in [3.63, 3.8) is 0 Å². The van der Waals surface area contributed by atoms with Crippen molar-refractivity contribution in [1.82, 2.24) is 0 Å². The van der Waals surface area contributed by atoms with Gasteiger partial charge >= 0.3 is 0 Å². The summed E-state index contributed by atoms with van der Waals surface area (Å²) in [6.07, 6.45) is 0.776. The Balaban J connectivity index is 1.72. The molecule has 3 aromatic rings. The maximum atomic E-state index is 13.5. The van der Waals surface area contributed by atoms with Gasteiger partial charge < -0.3 is 4.90 Å². The van der Waals surface area contributed by atoms with Crippen molar-refractivity contribution in [3.05, 3.63) is 89.0 Å². The lowest BCUT2D eigenvalue weighted by molar-refractivity contribution is 0.0982. The van der Waals surface area contributed by atoms with E-state index >= 15 is 0 Å². The number of carbonyl (C=O) groups is 1. The second-order valence-electron chi connectivity index (χ2n) is 7.78. The van der Waals surface area contributed by atoms with Crippen LogP contribution in [-0.4, -0.2) is 20.4 Å². The van der Waals surface area contributed by atoms with Crippen LogP contribution in [0.5, 0.6) is 0 Å². The summed E-state index contributed by atoms with van der Waals surface area (Å²) in [6.45, 7) is 5.61. The molecule has 1 atom stereocenters. The molecule has 1 N–H and O–H groups in total. The summed E-state index contributed by atoms with van der Waals surface area (Å²) in [4.78, 5) is 15.4. The topological polar surface area (TPSA) is 66.5 Å². The van der Waals surface area contributed by atoms with Crippen molar-refractivity contribution in [2.75, 3.05) is 9.62 Å². The summed E-state index contributed by atoms with van der Waals surface area (Å²) >= 11 is 0. The summed E-state index contributed by atoms with van der Waals surface area (Å²) in [6, 6.07) is 19.9. The van der Waals surface area contributed by atoms with Gasteiger partial charge in [-0.2, -0.15) is 0 Å². The fourth-order valence-electron chi connectivity index (χ4n) is 3.96. The van der Waals surface area contributed by atoms with Crippen LogP contribution in [0, 0.1) is 13.8 Å². The van der Waals surface area contributed by atoms with E-state index in [0.29, 0.717) is 11.1 Å². The van der Waals surface area contributed by atoms with Gasteiger partial charge in [0, 0.05) is 11.7 Å². The van der Waals surface area contributed by atoms with E-state index in [9.17, 15) is 13.2 Å². The summed E-state index contributed by atoms with van der Waals surface area (Å²) < 4.78 is 28.8. The summed E-state index contributed by atoms with van der Waals surface area (Å²) in [7, 11) is -3.84. The van der Waals surface area contributed by atoms with Gasteiger partial charge in [-0.25, -0.2) is 8.42 Å². The van der Waals surface area contributed by atoms with E-state index in [0.717, 1.165) is 23.2 Å². The van der Waals surface area contributed by atoms with Crippen molar-refractivity contribution in [3.8, 4) is 0 Å². The van der Waals surface area contributed by atoms with Gasteiger partial charge in [-0.15, -0.1) is 0 Å². The van der Waals surface area contributed by atoms with E-state index in [1.165, 1.54) is 0 Å². The Labute approximate surface area is 177 Å². The Bertz CT molecular complexity index is 1230. The number of fused-ring (bicyclic) bond motifs is 1. The molecular weight excluding hydrogens is 396 g/mol. The highest BCUT2D eigenvalue weighted by atomic mass is 32.2. The molecule has 1 aliphatic heterocycles. The lowest BCUT2D eigenvalue weighted by Crippen LogP contribution is -2.36. The average Bonchev–Trinajstić information content (AvgIpc) is 3.05. The monoisotopic (exact) mass is 420 g/mol. The number of hydrogen-bond donors (Lipinski definition) is 1. The van der Waals surface area contributed by atoms with E-state index < -0.39 is 10.0 Å². The minimum atomic E-state index is -3.84. The standard InChI is InChI=1S/C24H24N2O3S/c1-16-12-13-17(2)23(14-16)30(28,29)25-21-10-6-5-9-20(21)24(27)26-18(3)15-19-8-4-7-11-22(19)26/h4-14,18,25H,15H2,1-3H3/t18-/m1/s1. The van der Waals surface area contributed by atoms with Crippen LogP contribution in [0.1, 0.15) is 34.0 Å². The fourth-order valence-corrected chi connectivity index (χ4v) is 5.37. The van der Waals surface area contributed by atoms with Gasteiger partial charge in [-0.05, 0) is 68.1 Å². The molecule has 0 spiro atoms. The number of nitrogens with zero attached hydrogens (tertiary/aromatic N) is 1. The molecule has 4 rings (SSSR count). The molecular formula is C24H24N2O3S. The molecule has 0 radical (unpaired) electrons. The summed E-state index contributed by atoms with van der Waals surface area (Å²) in [5.74, 6) is -0.216. The third-order valence-electron chi connectivity index (χ3n) is 5.46. The van der Waals surface area contributed by atoms with E-state index in [1.54, 1.807) is 48.2 Å². The largest absolute Gasteiger partial charge is 0.305 e. The van der Waals surface area contributed by atoms with Gasteiger partial charge in [-0.3, -0.25) is 9.52 Å². The third-order valence-corrected chi connectivity index (χ3v) is 6.97. The molecule has 1 heterocycles. The molecule has 0 fully saturated rings. The first-order chi connectivity index (χ1) is 14.3. The lowest BCUT2D eigenvalue weighted by atomic mass is 10.1. The van der Waals surface area contributed by atoms with Crippen molar-refractivity contribution >= 4 is 27.3 Å². The molecule has 1 aliphatic rings. The molecule has 0 aromatic heterocycles. The minimum absolute atomic E-state index is 0.00131. The zero-order valence-electron chi connectivity index (χ0n) is 17.2.